The third kappa shape index (κ3) is 3.71. The van der Waals surface area contributed by atoms with Gasteiger partial charge < -0.3 is 10.6 Å². The van der Waals surface area contributed by atoms with E-state index in [0.717, 1.165) is 12.8 Å². The number of carbonyl (C=O) groups excluding carboxylic acids is 1. The van der Waals surface area contributed by atoms with Crippen LogP contribution in [0.4, 0.5) is 0 Å². The van der Waals surface area contributed by atoms with Crippen LogP contribution in [0.25, 0.3) is 0 Å². The molecule has 3 nitrogen and oxygen atoms in total. The lowest BCUT2D eigenvalue weighted by Crippen LogP contribution is -2.67. The number of amides is 1. The molecule has 0 aromatic heterocycles. The number of hydrogen-bond acceptors (Lipinski definition) is 2. The Morgan fingerprint density at radius 1 is 1.17 bits per heavy atom. The summed E-state index contributed by atoms with van der Waals surface area (Å²) in [6.07, 6.45) is 2.08. The highest BCUT2D eigenvalue weighted by molar-refractivity contribution is 5.83. The highest BCUT2D eigenvalue weighted by Gasteiger charge is 2.38. The predicted octanol–water partition coefficient (Wildman–Crippen LogP) is 2.56. The van der Waals surface area contributed by atoms with E-state index < -0.39 is 0 Å². The topological polar surface area (TPSA) is 41.1 Å². The molecule has 0 aromatic carbocycles. The zero-order chi connectivity index (χ0) is 13.9. The number of carbonyl (C=O) groups is 1. The summed E-state index contributed by atoms with van der Waals surface area (Å²) in [5, 5.41) is 6.84. The standard InChI is InChI=1S/C15H30N2O/c1-7-11(6)14-15(18)16-12(8-9(2)3)13(17-14)10(4)5/h9-14,17H,7-8H2,1-6H3,(H,16,18)/t11?,12-,13+,14-/m0/s1. The lowest BCUT2D eigenvalue weighted by molar-refractivity contribution is -0.128. The molecule has 1 amide bonds. The molecule has 3 heteroatoms. The van der Waals surface area contributed by atoms with Crippen molar-refractivity contribution >= 4 is 5.91 Å². The molecule has 1 saturated heterocycles. The van der Waals surface area contributed by atoms with Gasteiger partial charge in [-0.05, 0) is 24.2 Å². The van der Waals surface area contributed by atoms with Crippen molar-refractivity contribution in [2.75, 3.05) is 0 Å². The molecule has 0 aliphatic carbocycles. The number of piperazine rings is 1. The molecule has 0 spiro atoms. The first-order chi connectivity index (χ1) is 8.36. The summed E-state index contributed by atoms with van der Waals surface area (Å²) in [4.78, 5) is 12.2. The maximum Gasteiger partial charge on any atom is 0.237 e. The van der Waals surface area contributed by atoms with Crippen molar-refractivity contribution in [2.45, 2.75) is 72.5 Å². The first-order valence-corrected chi connectivity index (χ1v) is 7.43. The summed E-state index contributed by atoms with van der Waals surface area (Å²) in [7, 11) is 0. The van der Waals surface area contributed by atoms with E-state index in [1.165, 1.54) is 0 Å². The zero-order valence-electron chi connectivity index (χ0n) is 12.8. The molecule has 0 radical (unpaired) electrons. The van der Waals surface area contributed by atoms with Crippen molar-refractivity contribution < 1.29 is 4.79 Å². The van der Waals surface area contributed by atoms with Crippen LogP contribution in [-0.4, -0.2) is 24.0 Å². The Bertz CT molecular complexity index is 276. The molecular weight excluding hydrogens is 224 g/mol. The highest BCUT2D eigenvalue weighted by Crippen LogP contribution is 2.21. The van der Waals surface area contributed by atoms with Gasteiger partial charge in [0.1, 0.15) is 0 Å². The number of rotatable bonds is 5. The summed E-state index contributed by atoms with van der Waals surface area (Å²) >= 11 is 0. The maximum absolute atomic E-state index is 12.2. The molecule has 1 unspecified atom stereocenters. The van der Waals surface area contributed by atoms with Crippen LogP contribution < -0.4 is 10.6 Å². The molecule has 1 heterocycles. The van der Waals surface area contributed by atoms with E-state index in [9.17, 15) is 4.79 Å². The maximum atomic E-state index is 12.2. The van der Waals surface area contributed by atoms with Crippen LogP contribution in [0.5, 0.6) is 0 Å². The second kappa shape index (κ2) is 6.55. The Morgan fingerprint density at radius 2 is 1.78 bits per heavy atom. The smallest absolute Gasteiger partial charge is 0.237 e. The van der Waals surface area contributed by atoms with Crippen LogP contribution in [0.2, 0.25) is 0 Å². The van der Waals surface area contributed by atoms with Gasteiger partial charge in [-0.3, -0.25) is 4.79 Å². The molecule has 0 aromatic rings. The molecule has 0 saturated carbocycles. The van der Waals surface area contributed by atoms with Gasteiger partial charge >= 0.3 is 0 Å². The van der Waals surface area contributed by atoms with Gasteiger partial charge in [0.25, 0.3) is 0 Å². The number of nitrogens with one attached hydrogen (secondary N) is 2. The SMILES string of the molecule is CCC(C)[C@@H]1N[C@H](C(C)C)[C@H](CC(C)C)NC1=O. The van der Waals surface area contributed by atoms with Gasteiger partial charge in [0.15, 0.2) is 0 Å². The minimum atomic E-state index is -0.0224. The molecule has 1 aliphatic rings. The Morgan fingerprint density at radius 3 is 2.22 bits per heavy atom. The van der Waals surface area contributed by atoms with E-state index in [4.69, 9.17) is 0 Å². The van der Waals surface area contributed by atoms with Gasteiger partial charge in [0, 0.05) is 12.1 Å². The van der Waals surface area contributed by atoms with Crippen molar-refractivity contribution in [3.63, 3.8) is 0 Å². The van der Waals surface area contributed by atoms with Gasteiger partial charge in [0.05, 0.1) is 6.04 Å². The Balaban J connectivity index is 2.78. The van der Waals surface area contributed by atoms with Gasteiger partial charge in [0.2, 0.25) is 5.91 Å². The van der Waals surface area contributed by atoms with Gasteiger partial charge in [-0.15, -0.1) is 0 Å². The average molecular weight is 254 g/mol. The highest BCUT2D eigenvalue weighted by atomic mass is 16.2. The summed E-state index contributed by atoms with van der Waals surface area (Å²) in [6.45, 7) is 13.2. The van der Waals surface area contributed by atoms with Gasteiger partial charge in [-0.1, -0.05) is 48.0 Å². The average Bonchev–Trinajstić information content (AvgIpc) is 2.27. The number of hydrogen-bond donors (Lipinski definition) is 2. The first-order valence-electron chi connectivity index (χ1n) is 7.43. The van der Waals surface area contributed by atoms with E-state index in [2.05, 4.69) is 52.2 Å². The fourth-order valence-corrected chi connectivity index (χ4v) is 2.79. The van der Waals surface area contributed by atoms with E-state index in [0.29, 0.717) is 23.8 Å². The summed E-state index contributed by atoms with van der Waals surface area (Å²) < 4.78 is 0. The molecule has 0 bridgehead atoms. The largest absolute Gasteiger partial charge is 0.350 e. The minimum absolute atomic E-state index is 0.0224. The summed E-state index contributed by atoms with van der Waals surface area (Å²) in [6, 6.07) is 0.646. The van der Waals surface area contributed by atoms with Crippen molar-refractivity contribution in [2.24, 2.45) is 17.8 Å². The van der Waals surface area contributed by atoms with Crippen molar-refractivity contribution in [1.82, 2.24) is 10.6 Å². The Kier molecular flexibility index (Phi) is 5.64. The second-order valence-corrected chi connectivity index (χ2v) is 6.54. The molecular formula is C15H30N2O. The molecule has 4 atom stereocenters. The Hall–Kier alpha value is -0.570. The molecule has 18 heavy (non-hydrogen) atoms. The minimum Gasteiger partial charge on any atom is -0.350 e. The van der Waals surface area contributed by atoms with Crippen molar-refractivity contribution in [3.8, 4) is 0 Å². The third-order valence-corrected chi connectivity index (χ3v) is 4.07. The van der Waals surface area contributed by atoms with Crippen LogP contribution in [-0.2, 0) is 4.79 Å². The second-order valence-electron chi connectivity index (χ2n) is 6.54. The fraction of sp³-hybridized carbons (Fsp3) is 0.933. The molecule has 1 aliphatic heterocycles. The quantitative estimate of drug-likeness (QED) is 0.791. The zero-order valence-corrected chi connectivity index (χ0v) is 12.8. The van der Waals surface area contributed by atoms with Crippen molar-refractivity contribution in [1.29, 1.82) is 0 Å². The lowest BCUT2D eigenvalue weighted by atomic mass is 9.85. The monoisotopic (exact) mass is 254 g/mol. The normalized spacial score (nSPS) is 30.7. The summed E-state index contributed by atoms with van der Waals surface area (Å²) in [5.41, 5.74) is 0. The van der Waals surface area contributed by atoms with E-state index in [1.807, 2.05) is 0 Å². The van der Waals surface area contributed by atoms with Crippen molar-refractivity contribution in [3.05, 3.63) is 0 Å². The third-order valence-electron chi connectivity index (χ3n) is 4.07. The molecule has 1 fully saturated rings. The van der Waals surface area contributed by atoms with E-state index in [1.54, 1.807) is 0 Å². The molecule has 2 N–H and O–H groups in total. The van der Waals surface area contributed by atoms with E-state index in [-0.39, 0.29) is 18.0 Å². The van der Waals surface area contributed by atoms with Crippen LogP contribution in [0.15, 0.2) is 0 Å². The Labute approximate surface area is 112 Å². The first kappa shape index (κ1) is 15.5. The van der Waals surface area contributed by atoms with Crippen LogP contribution in [0.3, 0.4) is 0 Å². The molecule has 106 valence electrons. The van der Waals surface area contributed by atoms with Gasteiger partial charge in [-0.2, -0.15) is 0 Å². The predicted molar refractivity (Wildman–Crippen MR) is 76.4 cm³/mol. The van der Waals surface area contributed by atoms with E-state index >= 15 is 0 Å². The summed E-state index contributed by atoms with van der Waals surface area (Å²) in [5.74, 6) is 1.73. The van der Waals surface area contributed by atoms with Crippen LogP contribution in [0.1, 0.15) is 54.4 Å². The van der Waals surface area contributed by atoms with Crippen LogP contribution >= 0.6 is 0 Å². The lowest BCUT2D eigenvalue weighted by Gasteiger charge is -2.42. The van der Waals surface area contributed by atoms with Gasteiger partial charge in [-0.25, -0.2) is 0 Å². The molecule has 1 rings (SSSR count). The van der Waals surface area contributed by atoms with Crippen LogP contribution in [0, 0.1) is 17.8 Å². The fourth-order valence-electron chi connectivity index (χ4n) is 2.79.